The number of hydrogen-bond acceptors (Lipinski definition) is 8. The highest BCUT2D eigenvalue weighted by molar-refractivity contribution is 5.95. The fraction of sp³-hybridized carbons (Fsp3) is 0.610. The summed E-state index contributed by atoms with van der Waals surface area (Å²) in [6.45, 7) is 6.49. The van der Waals surface area contributed by atoms with Gasteiger partial charge in [-0.25, -0.2) is 0 Å². The summed E-state index contributed by atoms with van der Waals surface area (Å²) in [5.41, 5.74) is 14.3. The lowest BCUT2D eigenvalue weighted by atomic mass is 9.89. The molecule has 5 N–H and O–H groups in total. The number of likely N-dealkylation sites (N-methyl/N-ethyl adjacent to an activating group) is 1. The molecule has 0 saturated heterocycles. The topological polar surface area (TPSA) is 154 Å². The van der Waals surface area contributed by atoms with E-state index < -0.39 is 18.0 Å². The Balaban J connectivity index is 1.94. The number of hydrogen-bond donors (Lipinski definition) is 3. The Morgan fingerprint density at radius 1 is 0.804 bits per heavy atom. The van der Waals surface area contributed by atoms with Crippen molar-refractivity contribution in [3.05, 3.63) is 47.5 Å². The quantitative estimate of drug-likeness (QED) is 0.133. The van der Waals surface area contributed by atoms with Gasteiger partial charge in [0.15, 0.2) is 11.6 Å². The summed E-state index contributed by atoms with van der Waals surface area (Å²) in [5, 5.41) is 2.87. The smallest absolute Gasteiger partial charge is 0.223 e. The third kappa shape index (κ3) is 13.1. The van der Waals surface area contributed by atoms with Gasteiger partial charge in [-0.15, -0.1) is 0 Å². The highest BCUT2D eigenvalue weighted by Gasteiger charge is 2.33. The van der Waals surface area contributed by atoms with Gasteiger partial charge in [0.1, 0.15) is 30.8 Å². The van der Waals surface area contributed by atoms with Crippen LogP contribution in [0.15, 0.2) is 36.4 Å². The van der Waals surface area contributed by atoms with E-state index in [1.54, 1.807) is 26.1 Å². The molecule has 2 amide bonds. The Morgan fingerprint density at radius 3 is 1.92 bits per heavy atom. The van der Waals surface area contributed by atoms with Crippen LogP contribution in [0.3, 0.4) is 0 Å². The van der Waals surface area contributed by atoms with Crippen LogP contribution >= 0.6 is 0 Å². The largest absolute Gasteiger partial charge is 0.492 e. The van der Waals surface area contributed by atoms with Crippen molar-refractivity contribution >= 4 is 23.4 Å². The van der Waals surface area contributed by atoms with E-state index in [1.165, 1.54) is 63.2 Å². The zero-order valence-corrected chi connectivity index (χ0v) is 31.5. The van der Waals surface area contributed by atoms with E-state index in [2.05, 4.69) is 12.2 Å². The minimum atomic E-state index is -0.939. The molecule has 10 heteroatoms. The maximum absolute atomic E-state index is 14.2. The van der Waals surface area contributed by atoms with Gasteiger partial charge in [-0.1, -0.05) is 90.2 Å². The molecule has 2 aromatic carbocycles. The molecular formula is C41H62N4O6. The average Bonchev–Trinajstić information content (AvgIpc) is 3.11. The fourth-order valence-electron chi connectivity index (χ4n) is 6.67. The van der Waals surface area contributed by atoms with Crippen LogP contribution in [0, 0.1) is 5.92 Å². The van der Waals surface area contributed by atoms with Crippen LogP contribution in [-0.4, -0.2) is 67.7 Å². The molecule has 0 radical (unpaired) electrons. The number of carbonyl (C=O) groups is 4. The minimum absolute atomic E-state index is 0.103. The van der Waals surface area contributed by atoms with Gasteiger partial charge >= 0.3 is 0 Å². The highest BCUT2D eigenvalue weighted by Crippen LogP contribution is 2.40. The molecule has 3 rings (SSSR count). The van der Waals surface area contributed by atoms with Crippen LogP contribution in [0.4, 0.5) is 0 Å². The van der Waals surface area contributed by atoms with E-state index in [1.807, 2.05) is 24.3 Å². The van der Waals surface area contributed by atoms with Crippen molar-refractivity contribution < 1.29 is 28.7 Å². The van der Waals surface area contributed by atoms with Crippen LogP contribution in [0.5, 0.6) is 11.5 Å². The second-order valence-corrected chi connectivity index (χ2v) is 14.0. The summed E-state index contributed by atoms with van der Waals surface area (Å²) >= 11 is 0. The molecule has 4 bridgehead atoms. The number of amides is 2. The molecule has 0 aliphatic carbocycles. The first-order valence-corrected chi connectivity index (χ1v) is 19.1. The third-order valence-corrected chi connectivity index (χ3v) is 9.69. The summed E-state index contributed by atoms with van der Waals surface area (Å²) in [4.78, 5) is 55.5. The summed E-state index contributed by atoms with van der Waals surface area (Å²) < 4.78 is 12.2. The number of carbonyl (C=O) groups excluding carboxylic acids is 4. The zero-order chi connectivity index (χ0) is 37.2. The highest BCUT2D eigenvalue weighted by atomic mass is 16.5. The average molecular weight is 707 g/mol. The number of rotatable bonds is 20. The molecule has 10 nitrogen and oxygen atoms in total. The van der Waals surface area contributed by atoms with Gasteiger partial charge in [0.2, 0.25) is 11.8 Å². The Hall–Kier alpha value is -3.76. The third-order valence-electron chi connectivity index (χ3n) is 9.69. The van der Waals surface area contributed by atoms with Crippen molar-refractivity contribution in [3.8, 4) is 22.6 Å². The van der Waals surface area contributed by atoms with E-state index in [9.17, 15) is 19.2 Å². The maximum Gasteiger partial charge on any atom is 0.223 e. The molecule has 1 heterocycles. The second-order valence-electron chi connectivity index (χ2n) is 14.0. The fourth-order valence-corrected chi connectivity index (χ4v) is 6.67. The molecule has 0 aromatic heterocycles. The normalized spacial score (nSPS) is 17.7. The van der Waals surface area contributed by atoms with Gasteiger partial charge in [0.25, 0.3) is 0 Å². The van der Waals surface area contributed by atoms with Gasteiger partial charge in [0.05, 0.1) is 6.04 Å². The molecular weight excluding hydrogens is 644 g/mol. The van der Waals surface area contributed by atoms with Crippen molar-refractivity contribution in [1.82, 2.24) is 10.2 Å². The van der Waals surface area contributed by atoms with E-state index in [0.717, 1.165) is 24.8 Å². The van der Waals surface area contributed by atoms with E-state index in [0.29, 0.717) is 47.7 Å². The Bertz CT molecular complexity index is 1430. The first-order valence-electron chi connectivity index (χ1n) is 19.1. The van der Waals surface area contributed by atoms with Gasteiger partial charge in [-0.3, -0.25) is 19.2 Å². The van der Waals surface area contributed by atoms with Crippen molar-refractivity contribution in [2.24, 2.45) is 17.4 Å². The molecule has 2 aromatic rings. The second kappa shape index (κ2) is 22.2. The first kappa shape index (κ1) is 41.7. The van der Waals surface area contributed by atoms with Gasteiger partial charge in [-0.2, -0.15) is 0 Å². The predicted molar refractivity (Wildman–Crippen MR) is 203 cm³/mol. The van der Waals surface area contributed by atoms with Crippen LogP contribution in [0.25, 0.3) is 11.1 Å². The number of nitrogens with one attached hydrogen (secondary N) is 1. The van der Waals surface area contributed by atoms with Crippen molar-refractivity contribution in [1.29, 1.82) is 0 Å². The molecule has 0 spiro atoms. The number of benzene rings is 2. The maximum atomic E-state index is 14.2. The Labute approximate surface area is 305 Å². The van der Waals surface area contributed by atoms with Crippen LogP contribution in [0.1, 0.15) is 121 Å². The van der Waals surface area contributed by atoms with E-state index in [-0.39, 0.29) is 49.4 Å². The Morgan fingerprint density at radius 2 is 1.35 bits per heavy atom. The Kier molecular flexibility index (Phi) is 18.2. The summed E-state index contributed by atoms with van der Waals surface area (Å²) in [6.07, 6.45) is 13.5. The SMILES string of the molecule is CCCCCCCCCCCCCC(=O)N(C)[C@@H]1C(=O)C[C@@H](C)C(=O)N[C@H](C(C)=O)Cc2ccc(OCCN)c(c2)-c2cc1ccc2OCCN. The molecule has 0 unspecified atom stereocenters. The van der Waals surface area contributed by atoms with Crippen LogP contribution in [-0.2, 0) is 25.6 Å². The molecule has 1 aliphatic rings. The number of ether oxygens (including phenoxy) is 2. The van der Waals surface area contributed by atoms with Crippen LogP contribution < -0.4 is 26.3 Å². The number of unbranched alkanes of at least 4 members (excludes halogenated alkanes) is 10. The lowest BCUT2D eigenvalue weighted by Crippen LogP contribution is -2.44. The zero-order valence-electron chi connectivity index (χ0n) is 31.5. The van der Waals surface area contributed by atoms with Crippen molar-refractivity contribution in [2.75, 3.05) is 33.4 Å². The lowest BCUT2D eigenvalue weighted by Gasteiger charge is -2.30. The van der Waals surface area contributed by atoms with Crippen LogP contribution in [0.2, 0.25) is 0 Å². The molecule has 282 valence electrons. The number of fused-ring (bicyclic) bond motifs is 5. The summed E-state index contributed by atoms with van der Waals surface area (Å²) in [6, 6.07) is 9.34. The molecule has 0 saturated carbocycles. The predicted octanol–water partition coefficient (Wildman–Crippen LogP) is 6.45. The molecule has 1 aliphatic heterocycles. The molecule has 51 heavy (non-hydrogen) atoms. The lowest BCUT2D eigenvalue weighted by molar-refractivity contribution is -0.139. The van der Waals surface area contributed by atoms with Crippen molar-refractivity contribution in [3.63, 3.8) is 0 Å². The van der Waals surface area contributed by atoms with Crippen molar-refractivity contribution in [2.45, 2.75) is 123 Å². The van der Waals surface area contributed by atoms with Gasteiger partial charge < -0.3 is 31.2 Å². The molecule has 3 atom stereocenters. The standard InChI is InChI=1S/C41H62N4O6/c1-5-6-7-8-9-10-11-12-13-14-15-16-39(48)45(4)40-32-18-20-38(51-24-22-43)34(28-32)33-26-31(17-19-37(33)50-23-21-42)27-35(30(3)46)44-41(49)29(2)25-36(40)47/h17-20,26,28-29,35,40H,5-16,21-25,27,42-43H2,1-4H3,(H,44,49)/t29-,35+,40+/m1/s1. The van der Waals surface area contributed by atoms with Gasteiger partial charge in [-0.05, 0) is 55.2 Å². The number of nitrogens with two attached hydrogens (primary N) is 2. The van der Waals surface area contributed by atoms with E-state index in [4.69, 9.17) is 20.9 Å². The number of ketones is 2. The van der Waals surface area contributed by atoms with E-state index >= 15 is 0 Å². The first-order chi connectivity index (χ1) is 24.6. The number of nitrogens with zero attached hydrogens (tertiary/aromatic N) is 1. The monoisotopic (exact) mass is 706 g/mol. The summed E-state index contributed by atoms with van der Waals surface area (Å²) in [7, 11) is 1.66. The summed E-state index contributed by atoms with van der Waals surface area (Å²) in [5.74, 6) is -0.600. The van der Waals surface area contributed by atoms with Gasteiger partial charge in [0, 0.05) is 50.0 Å². The number of Topliss-reactive ketones (excluding diaryl/α,β-unsaturated/α-hetero) is 2. The minimum Gasteiger partial charge on any atom is -0.492 e. The molecule has 0 fully saturated rings.